The maximum Gasteiger partial charge on any atom is 0.387 e. The van der Waals surface area contributed by atoms with Crippen LogP contribution in [0.15, 0.2) is 23.2 Å². The van der Waals surface area contributed by atoms with E-state index in [-0.39, 0.29) is 12.3 Å². The topological polar surface area (TPSA) is 54.9 Å². The molecule has 0 heterocycles. The van der Waals surface area contributed by atoms with Crippen LogP contribution in [0.4, 0.5) is 8.78 Å². The lowest BCUT2D eigenvalue weighted by atomic mass is 10.2. The van der Waals surface area contributed by atoms with Crippen molar-refractivity contribution in [2.45, 2.75) is 27.0 Å². The number of benzene rings is 1. The first-order valence-corrected chi connectivity index (χ1v) is 6.74. The Labute approximate surface area is 123 Å². The molecule has 2 N–H and O–H groups in total. The van der Waals surface area contributed by atoms with Crippen molar-refractivity contribution >= 4 is 5.96 Å². The van der Waals surface area contributed by atoms with Gasteiger partial charge in [0.2, 0.25) is 0 Å². The van der Waals surface area contributed by atoms with Gasteiger partial charge in [-0.15, -0.1) is 0 Å². The Kier molecular flexibility index (Phi) is 7.28. The summed E-state index contributed by atoms with van der Waals surface area (Å²) < 4.78 is 34.4. The standard InChI is InChI=1S/C14H21F2N3O2/c1-4-17-14(18-5-2)19-9-10-6-7-11(20-3)8-12(10)21-13(15)16/h6-8,13H,4-5,9H2,1-3H3,(H2,17,18,19). The SMILES string of the molecule is CCNC(=NCc1ccc(OC)cc1OC(F)F)NCC. The lowest BCUT2D eigenvalue weighted by Gasteiger charge is -2.12. The van der Waals surface area contributed by atoms with E-state index in [0.29, 0.717) is 17.3 Å². The van der Waals surface area contributed by atoms with Crippen LogP contribution in [0.3, 0.4) is 0 Å². The fourth-order valence-electron chi connectivity index (χ4n) is 1.67. The van der Waals surface area contributed by atoms with E-state index in [1.165, 1.54) is 13.2 Å². The monoisotopic (exact) mass is 301 g/mol. The third-order valence-corrected chi connectivity index (χ3v) is 2.59. The van der Waals surface area contributed by atoms with Crippen LogP contribution in [0.5, 0.6) is 11.5 Å². The average molecular weight is 301 g/mol. The zero-order valence-corrected chi connectivity index (χ0v) is 12.5. The van der Waals surface area contributed by atoms with Crippen molar-refractivity contribution in [3.05, 3.63) is 23.8 Å². The van der Waals surface area contributed by atoms with Gasteiger partial charge in [0.25, 0.3) is 0 Å². The molecular weight excluding hydrogens is 280 g/mol. The molecule has 0 unspecified atom stereocenters. The van der Waals surface area contributed by atoms with Crippen LogP contribution < -0.4 is 20.1 Å². The number of guanidine groups is 1. The minimum Gasteiger partial charge on any atom is -0.497 e. The summed E-state index contributed by atoms with van der Waals surface area (Å²) in [5.41, 5.74) is 0.560. The molecule has 1 aromatic carbocycles. The Morgan fingerprint density at radius 3 is 2.43 bits per heavy atom. The highest BCUT2D eigenvalue weighted by atomic mass is 19.3. The Morgan fingerprint density at radius 1 is 1.24 bits per heavy atom. The number of nitrogens with zero attached hydrogens (tertiary/aromatic N) is 1. The summed E-state index contributed by atoms with van der Waals surface area (Å²) in [5, 5.41) is 6.12. The van der Waals surface area contributed by atoms with Crippen molar-refractivity contribution < 1.29 is 18.3 Å². The van der Waals surface area contributed by atoms with Crippen LogP contribution in [0.2, 0.25) is 0 Å². The smallest absolute Gasteiger partial charge is 0.387 e. The number of halogens is 2. The van der Waals surface area contributed by atoms with Crippen molar-refractivity contribution in [3.8, 4) is 11.5 Å². The molecule has 7 heteroatoms. The lowest BCUT2D eigenvalue weighted by Crippen LogP contribution is -2.36. The lowest BCUT2D eigenvalue weighted by molar-refractivity contribution is -0.0505. The number of ether oxygens (including phenoxy) is 2. The van der Waals surface area contributed by atoms with E-state index in [1.54, 1.807) is 12.1 Å². The number of hydrogen-bond acceptors (Lipinski definition) is 3. The highest BCUT2D eigenvalue weighted by Gasteiger charge is 2.11. The van der Waals surface area contributed by atoms with Crippen LogP contribution >= 0.6 is 0 Å². The first-order valence-electron chi connectivity index (χ1n) is 6.74. The van der Waals surface area contributed by atoms with Crippen molar-refractivity contribution in [3.63, 3.8) is 0 Å². The summed E-state index contributed by atoms with van der Waals surface area (Å²) in [6.45, 7) is 2.67. The second-order valence-electron chi connectivity index (χ2n) is 4.08. The molecule has 0 saturated heterocycles. The van der Waals surface area contributed by atoms with Gasteiger partial charge >= 0.3 is 6.61 Å². The number of rotatable bonds is 7. The van der Waals surface area contributed by atoms with Gasteiger partial charge < -0.3 is 20.1 Å². The summed E-state index contributed by atoms with van der Waals surface area (Å²) >= 11 is 0. The molecule has 0 bridgehead atoms. The Bertz CT molecular complexity index is 460. The van der Waals surface area contributed by atoms with E-state index >= 15 is 0 Å². The first kappa shape index (κ1) is 17.0. The molecule has 0 saturated carbocycles. The summed E-state index contributed by atoms with van der Waals surface area (Å²) in [7, 11) is 1.47. The number of hydrogen-bond donors (Lipinski definition) is 2. The molecule has 0 amide bonds. The average Bonchev–Trinajstić information content (AvgIpc) is 2.45. The maximum absolute atomic E-state index is 12.5. The second-order valence-corrected chi connectivity index (χ2v) is 4.08. The normalized spacial score (nSPS) is 10.2. The van der Waals surface area contributed by atoms with Gasteiger partial charge in [0.15, 0.2) is 5.96 Å². The van der Waals surface area contributed by atoms with E-state index in [9.17, 15) is 8.78 Å². The van der Waals surface area contributed by atoms with E-state index in [2.05, 4.69) is 20.4 Å². The molecule has 118 valence electrons. The summed E-state index contributed by atoms with van der Waals surface area (Å²) in [6.07, 6.45) is 0. The molecule has 0 radical (unpaired) electrons. The van der Waals surface area contributed by atoms with Crippen LogP contribution in [0.25, 0.3) is 0 Å². The fraction of sp³-hybridized carbons (Fsp3) is 0.500. The molecule has 0 aromatic heterocycles. The van der Waals surface area contributed by atoms with Gasteiger partial charge in [0, 0.05) is 24.7 Å². The van der Waals surface area contributed by atoms with Gasteiger partial charge in [0.05, 0.1) is 13.7 Å². The zero-order chi connectivity index (χ0) is 15.7. The molecule has 0 spiro atoms. The summed E-state index contributed by atoms with van der Waals surface area (Å²) in [6, 6.07) is 4.77. The first-order chi connectivity index (χ1) is 10.1. The predicted molar refractivity (Wildman–Crippen MR) is 78.1 cm³/mol. The third-order valence-electron chi connectivity index (χ3n) is 2.59. The highest BCUT2D eigenvalue weighted by Crippen LogP contribution is 2.26. The largest absolute Gasteiger partial charge is 0.497 e. The van der Waals surface area contributed by atoms with E-state index in [1.807, 2.05) is 13.8 Å². The molecule has 1 aromatic rings. The van der Waals surface area contributed by atoms with E-state index in [4.69, 9.17) is 4.74 Å². The summed E-state index contributed by atoms with van der Waals surface area (Å²) in [5.74, 6) is 1.15. The second kappa shape index (κ2) is 8.99. The molecule has 0 aliphatic heterocycles. The van der Waals surface area contributed by atoms with Gasteiger partial charge in [0.1, 0.15) is 11.5 Å². The van der Waals surface area contributed by atoms with Crippen molar-refractivity contribution in [1.82, 2.24) is 10.6 Å². The number of nitrogens with one attached hydrogen (secondary N) is 2. The molecule has 21 heavy (non-hydrogen) atoms. The van der Waals surface area contributed by atoms with Crippen LogP contribution in [0, 0.1) is 0 Å². The fourth-order valence-corrected chi connectivity index (χ4v) is 1.67. The van der Waals surface area contributed by atoms with Crippen LogP contribution in [-0.4, -0.2) is 32.8 Å². The summed E-state index contributed by atoms with van der Waals surface area (Å²) in [4.78, 5) is 4.33. The minimum atomic E-state index is -2.89. The van der Waals surface area contributed by atoms with Gasteiger partial charge in [-0.1, -0.05) is 0 Å². The van der Waals surface area contributed by atoms with Gasteiger partial charge in [-0.3, -0.25) is 0 Å². The molecule has 0 atom stereocenters. The van der Waals surface area contributed by atoms with E-state index < -0.39 is 6.61 Å². The Hall–Kier alpha value is -2.05. The van der Waals surface area contributed by atoms with Crippen LogP contribution in [0.1, 0.15) is 19.4 Å². The highest BCUT2D eigenvalue weighted by molar-refractivity contribution is 5.79. The van der Waals surface area contributed by atoms with Crippen LogP contribution in [-0.2, 0) is 6.54 Å². The minimum absolute atomic E-state index is 0.0699. The molecular formula is C14H21F2N3O2. The zero-order valence-electron chi connectivity index (χ0n) is 12.5. The Balaban J connectivity index is 2.91. The Morgan fingerprint density at radius 2 is 1.90 bits per heavy atom. The number of alkyl halides is 2. The van der Waals surface area contributed by atoms with Crippen molar-refractivity contribution in [1.29, 1.82) is 0 Å². The van der Waals surface area contributed by atoms with Gasteiger partial charge in [-0.05, 0) is 26.0 Å². The molecule has 0 fully saturated rings. The number of aliphatic imine (C=N–C) groups is 1. The quantitative estimate of drug-likeness (QED) is 0.600. The third kappa shape index (κ3) is 5.85. The maximum atomic E-state index is 12.5. The number of methoxy groups -OCH3 is 1. The van der Waals surface area contributed by atoms with Gasteiger partial charge in [-0.25, -0.2) is 4.99 Å². The molecule has 5 nitrogen and oxygen atoms in total. The molecule has 1 rings (SSSR count). The predicted octanol–water partition coefficient (Wildman–Crippen LogP) is 2.37. The molecule has 0 aliphatic rings. The van der Waals surface area contributed by atoms with Crippen molar-refractivity contribution in [2.75, 3.05) is 20.2 Å². The van der Waals surface area contributed by atoms with Crippen molar-refractivity contribution in [2.24, 2.45) is 4.99 Å². The van der Waals surface area contributed by atoms with Gasteiger partial charge in [-0.2, -0.15) is 8.78 Å². The molecule has 0 aliphatic carbocycles. The van der Waals surface area contributed by atoms with E-state index in [0.717, 1.165) is 13.1 Å².